The van der Waals surface area contributed by atoms with Gasteiger partial charge in [-0.15, -0.1) is 5.10 Å². The predicted octanol–water partition coefficient (Wildman–Crippen LogP) is 4.83. The molecule has 28 heavy (non-hydrogen) atoms. The fourth-order valence-electron chi connectivity index (χ4n) is 3.64. The third kappa shape index (κ3) is 3.88. The van der Waals surface area contributed by atoms with Gasteiger partial charge in [0.2, 0.25) is 0 Å². The highest BCUT2D eigenvalue weighted by atomic mass is 35.5. The maximum absolute atomic E-state index is 6.39. The second kappa shape index (κ2) is 8.11. The van der Waals surface area contributed by atoms with Crippen LogP contribution in [0.2, 0.25) is 10.0 Å². The first kappa shape index (κ1) is 19.2. The zero-order valence-electron chi connectivity index (χ0n) is 16.0. The summed E-state index contributed by atoms with van der Waals surface area (Å²) in [5.41, 5.74) is 3.10. The van der Waals surface area contributed by atoms with Crippen LogP contribution in [-0.4, -0.2) is 36.4 Å². The fraction of sp³-hybridized carbons (Fsp3) is 0.333. The lowest BCUT2D eigenvalue weighted by Gasteiger charge is -2.29. The number of benzene rings is 2. The minimum atomic E-state index is -0.0344. The summed E-state index contributed by atoms with van der Waals surface area (Å²) < 4.78 is 0. The lowest BCUT2D eigenvalue weighted by atomic mass is 10.1. The van der Waals surface area contributed by atoms with Gasteiger partial charge < -0.3 is 15.5 Å². The normalized spacial score (nSPS) is 15.6. The van der Waals surface area contributed by atoms with Crippen molar-refractivity contribution in [3.8, 4) is 0 Å². The van der Waals surface area contributed by atoms with Gasteiger partial charge in [0.05, 0.1) is 11.7 Å². The van der Waals surface area contributed by atoms with Crippen molar-refractivity contribution in [1.29, 1.82) is 0 Å². The van der Waals surface area contributed by atoms with E-state index < -0.39 is 0 Å². The van der Waals surface area contributed by atoms with Crippen molar-refractivity contribution >= 4 is 45.5 Å². The van der Waals surface area contributed by atoms with Crippen molar-refractivity contribution in [1.82, 2.24) is 15.5 Å². The summed E-state index contributed by atoms with van der Waals surface area (Å²) in [4.78, 5) is 2.40. The number of piperazine rings is 1. The fourth-order valence-corrected chi connectivity index (χ4v) is 4.21. The van der Waals surface area contributed by atoms with Gasteiger partial charge in [0.15, 0.2) is 5.82 Å². The molecule has 2 aromatic carbocycles. The highest BCUT2D eigenvalue weighted by Gasteiger charge is 2.16. The molecular weight excluding hydrogens is 393 g/mol. The Kier molecular flexibility index (Phi) is 5.58. The van der Waals surface area contributed by atoms with Gasteiger partial charge in [-0.3, -0.25) is 0 Å². The number of rotatable bonds is 4. The lowest BCUT2D eigenvalue weighted by Crippen LogP contribution is -2.43. The summed E-state index contributed by atoms with van der Waals surface area (Å²) in [6.45, 7) is 8.06. The minimum absolute atomic E-state index is 0.0344. The summed E-state index contributed by atoms with van der Waals surface area (Å²) in [6, 6.07) is 12.0. The highest BCUT2D eigenvalue weighted by Crippen LogP contribution is 2.32. The van der Waals surface area contributed by atoms with Gasteiger partial charge in [-0.1, -0.05) is 35.3 Å². The second-order valence-corrected chi connectivity index (χ2v) is 7.98. The molecule has 0 unspecified atom stereocenters. The molecule has 0 saturated carbocycles. The first-order valence-corrected chi connectivity index (χ1v) is 10.2. The molecule has 1 atom stereocenters. The minimum Gasteiger partial charge on any atom is -0.369 e. The Morgan fingerprint density at radius 3 is 2.57 bits per heavy atom. The Balaban J connectivity index is 1.70. The van der Waals surface area contributed by atoms with Crippen LogP contribution in [0.5, 0.6) is 0 Å². The van der Waals surface area contributed by atoms with Crippen LogP contribution in [0.1, 0.15) is 24.2 Å². The third-order valence-corrected chi connectivity index (χ3v) is 5.77. The molecular formula is C21H23Cl2N5. The largest absolute Gasteiger partial charge is 0.369 e. The molecule has 7 heteroatoms. The number of hydrogen-bond acceptors (Lipinski definition) is 5. The van der Waals surface area contributed by atoms with E-state index in [2.05, 4.69) is 50.9 Å². The molecule has 0 amide bonds. The van der Waals surface area contributed by atoms with Crippen LogP contribution in [0, 0.1) is 6.92 Å². The third-order valence-electron chi connectivity index (χ3n) is 5.21. The van der Waals surface area contributed by atoms with Gasteiger partial charge in [0.1, 0.15) is 0 Å². The molecule has 146 valence electrons. The zero-order valence-corrected chi connectivity index (χ0v) is 17.5. The standard InChI is InChI=1S/C21H23Cl2N5/c1-13(18-5-3-15(22)11-20(18)23)25-21-19-12-16(28-9-7-24-8-10-28)4-6-17(19)14(2)26-27-21/h3-6,11-13,24H,7-10H2,1-2H3,(H,25,27)/t13-/m1/s1. The van der Waals surface area contributed by atoms with Crippen molar-refractivity contribution < 1.29 is 0 Å². The van der Waals surface area contributed by atoms with Crippen LogP contribution in [0.4, 0.5) is 11.5 Å². The predicted molar refractivity (Wildman–Crippen MR) is 118 cm³/mol. The quantitative estimate of drug-likeness (QED) is 0.638. The van der Waals surface area contributed by atoms with Gasteiger partial charge in [-0.2, -0.15) is 5.10 Å². The van der Waals surface area contributed by atoms with E-state index >= 15 is 0 Å². The van der Waals surface area contributed by atoms with Gasteiger partial charge in [-0.25, -0.2) is 0 Å². The maximum Gasteiger partial charge on any atom is 0.157 e. The van der Waals surface area contributed by atoms with E-state index in [9.17, 15) is 0 Å². The van der Waals surface area contributed by atoms with E-state index in [1.54, 1.807) is 6.07 Å². The van der Waals surface area contributed by atoms with Gasteiger partial charge in [0, 0.05) is 52.7 Å². The smallest absolute Gasteiger partial charge is 0.157 e. The molecule has 1 aliphatic heterocycles. The monoisotopic (exact) mass is 415 g/mol. The van der Waals surface area contributed by atoms with Gasteiger partial charge >= 0.3 is 0 Å². The number of nitrogens with one attached hydrogen (secondary N) is 2. The van der Waals surface area contributed by atoms with Crippen LogP contribution in [-0.2, 0) is 0 Å². The maximum atomic E-state index is 6.39. The Bertz CT molecular complexity index is 1000. The summed E-state index contributed by atoms with van der Waals surface area (Å²) in [7, 11) is 0. The summed E-state index contributed by atoms with van der Waals surface area (Å²) in [5, 5.41) is 19.1. The van der Waals surface area contributed by atoms with Crippen molar-refractivity contribution in [2.24, 2.45) is 0 Å². The number of halogens is 2. The first-order valence-electron chi connectivity index (χ1n) is 9.47. The summed E-state index contributed by atoms with van der Waals surface area (Å²) >= 11 is 12.4. The Labute approximate surface area is 175 Å². The van der Waals surface area contributed by atoms with Crippen LogP contribution in [0.25, 0.3) is 10.8 Å². The van der Waals surface area contributed by atoms with Crippen molar-refractivity contribution in [3.63, 3.8) is 0 Å². The van der Waals surface area contributed by atoms with E-state index in [0.29, 0.717) is 10.0 Å². The van der Waals surface area contributed by atoms with Crippen LogP contribution in [0.15, 0.2) is 36.4 Å². The number of anilines is 2. The molecule has 1 fully saturated rings. The van der Waals surface area contributed by atoms with Crippen molar-refractivity contribution in [2.45, 2.75) is 19.9 Å². The van der Waals surface area contributed by atoms with Crippen molar-refractivity contribution in [2.75, 3.05) is 36.4 Å². The number of fused-ring (bicyclic) bond motifs is 1. The van der Waals surface area contributed by atoms with E-state index in [1.807, 2.05) is 19.1 Å². The molecule has 4 rings (SSSR count). The number of aromatic nitrogens is 2. The number of hydrogen-bond donors (Lipinski definition) is 2. The van der Waals surface area contributed by atoms with Crippen LogP contribution in [0.3, 0.4) is 0 Å². The summed E-state index contributed by atoms with van der Waals surface area (Å²) in [5.74, 6) is 0.760. The average molecular weight is 416 g/mol. The molecule has 3 aromatic rings. The van der Waals surface area contributed by atoms with E-state index in [1.165, 1.54) is 5.69 Å². The van der Waals surface area contributed by atoms with E-state index in [4.69, 9.17) is 23.2 Å². The Morgan fingerprint density at radius 1 is 1.04 bits per heavy atom. The molecule has 0 aliphatic carbocycles. The van der Waals surface area contributed by atoms with Gasteiger partial charge in [-0.05, 0) is 43.7 Å². The Morgan fingerprint density at radius 2 is 1.82 bits per heavy atom. The number of nitrogens with zero attached hydrogens (tertiary/aromatic N) is 3. The molecule has 1 aliphatic rings. The average Bonchev–Trinajstić information content (AvgIpc) is 2.70. The zero-order chi connectivity index (χ0) is 19.7. The van der Waals surface area contributed by atoms with Crippen molar-refractivity contribution in [3.05, 3.63) is 57.7 Å². The topological polar surface area (TPSA) is 53.1 Å². The Hall–Kier alpha value is -2.08. The second-order valence-electron chi connectivity index (χ2n) is 7.13. The highest BCUT2D eigenvalue weighted by molar-refractivity contribution is 6.35. The van der Waals surface area contributed by atoms with Gasteiger partial charge in [0.25, 0.3) is 0 Å². The van der Waals surface area contributed by atoms with E-state index in [-0.39, 0.29) is 6.04 Å². The molecule has 0 radical (unpaired) electrons. The van der Waals surface area contributed by atoms with Crippen LogP contribution >= 0.6 is 23.2 Å². The molecule has 1 saturated heterocycles. The van der Waals surface area contributed by atoms with Crippen LogP contribution < -0.4 is 15.5 Å². The van der Waals surface area contributed by atoms with E-state index in [0.717, 1.165) is 54.0 Å². The molecule has 0 bridgehead atoms. The molecule has 1 aromatic heterocycles. The first-order chi connectivity index (χ1) is 13.5. The molecule has 5 nitrogen and oxygen atoms in total. The molecule has 0 spiro atoms. The number of aryl methyl sites for hydroxylation is 1. The lowest BCUT2D eigenvalue weighted by molar-refractivity contribution is 0.589. The molecule has 2 heterocycles. The SMILES string of the molecule is Cc1nnc(N[C@H](C)c2ccc(Cl)cc2Cl)c2cc(N3CCNCC3)ccc12. The summed E-state index contributed by atoms with van der Waals surface area (Å²) in [6.07, 6.45) is 0. The molecule has 2 N–H and O–H groups in total.